The average Bonchev–Trinajstić information content (AvgIpc) is 2.74. The van der Waals surface area contributed by atoms with Gasteiger partial charge in [0.1, 0.15) is 0 Å². The third-order valence-corrected chi connectivity index (χ3v) is 6.31. The van der Waals surface area contributed by atoms with E-state index in [0.717, 1.165) is 17.9 Å². The molecule has 0 saturated carbocycles. The SMILES string of the molecule is CC.CC.CCC1CCN(C2CCN(CCCCCCC(C)C)CC2)CC1. The number of rotatable bonds is 9. The zero-order valence-electron chi connectivity index (χ0n) is 20.2. The Bertz CT molecular complexity index is 287. The van der Waals surface area contributed by atoms with Crippen LogP contribution in [0.25, 0.3) is 0 Å². The van der Waals surface area contributed by atoms with E-state index in [1.54, 1.807) is 0 Å². The molecule has 164 valence electrons. The van der Waals surface area contributed by atoms with Crippen molar-refractivity contribution in [3.8, 4) is 0 Å². The summed E-state index contributed by atoms with van der Waals surface area (Å²) >= 11 is 0. The van der Waals surface area contributed by atoms with Crippen LogP contribution >= 0.6 is 0 Å². The van der Waals surface area contributed by atoms with E-state index in [2.05, 4.69) is 30.6 Å². The summed E-state index contributed by atoms with van der Waals surface area (Å²) in [5.41, 5.74) is 0. The second-order valence-electron chi connectivity index (χ2n) is 8.56. The van der Waals surface area contributed by atoms with Crippen molar-refractivity contribution in [1.82, 2.24) is 9.80 Å². The minimum atomic E-state index is 0.886. The Morgan fingerprint density at radius 3 is 1.81 bits per heavy atom. The lowest BCUT2D eigenvalue weighted by atomic mass is 9.92. The van der Waals surface area contributed by atoms with E-state index in [0.29, 0.717) is 0 Å². The molecule has 0 aliphatic carbocycles. The van der Waals surface area contributed by atoms with Gasteiger partial charge in [0.25, 0.3) is 0 Å². The predicted molar refractivity (Wildman–Crippen MR) is 125 cm³/mol. The summed E-state index contributed by atoms with van der Waals surface area (Å²) in [5, 5.41) is 0. The van der Waals surface area contributed by atoms with Crippen molar-refractivity contribution in [2.24, 2.45) is 11.8 Å². The van der Waals surface area contributed by atoms with Crippen LogP contribution in [0.4, 0.5) is 0 Å². The van der Waals surface area contributed by atoms with E-state index >= 15 is 0 Å². The molecular formula is C25H54N2. The highest BCUT2D eigenvalue weighted by atomic mass is 15.2. The van der Waals surface area contributed by atoms with E-state index in [-0.39, 0.29) is 0 Å². The third-order valence-electron chi connectivity index (χ3n) is 6.31. The van der Waals surface area contributed by atoms with E-state index in [1.807, 2.05) is 27.7 Å². The van der Waals surface area contributed by atoms with Crippen LogP contribution in [0.5, 0.6) is 0 Å². The Morgan fingerprint density at radius 2 is 1.30 bits per heavy atom. The molecule has 0 bridgehead atoms. The number of piperidine rings is 2. The molecule has 2 nitrogen and oxygen atoms in total. The first kappa shape index (κ1) is 26.9. The topological polar surface area (TPSA) is 6.48 Å². The molecule has 0 N–H and O–H groups in total. The van der Waals surface area contributed by atoms with Gasteiger partial charge in [-0.05, 0) is 76.7 Å². The fraction of sp³-hybridized carbons (Fsp3) is 1.00. The van der Waals surface area contributed by atoms with Crippen LogP contribution in [0.1, 0.15) is 113 Å². The van der Waals surface area contributed by atoms with E-state index in [9.17, 15) is 0 Å². The van der Waals surface area contributed by atoms with Crippen molar-refractivity contribution < 1.29 is 0 Å². The predicted octanol–water partition coefficient (Wildman–Crippen LogP) is 7.23. The van der Waals surface area contributed by atoms with Crippen molar-refractivity contribution >= 4 is 0 Å². The Labute approximate surface area is 173 Å². The van der Waals surface area contributed by atoms with E-state index < -0.39 is 0 Å². The van der Waals surface area contributed by atoms with Crippen LogP contribution < -0.4 is 0 Å². The highest BCUT2D eigenvalue weighted by molar-refractivity contribution is 4.83. The second-order valence-corrected chi connectivity index (χ2v) is 8.56. The van der Waals surface area contributed by atoms with Crippen LogP contribution in [0.3, 0.4) is 0 Å². The van der Waals surface area contributed by atoms with Crippen molar-refractivity contribution in [2.75, 3.05) is 32.7 Å². The maximum absolute atomic E-state index is 2.81. The van der Waals surface area contributed by atoms with Gasteiger partial charge < -0.3 is 9.80 Å². The number of hydrogen-bond donors (Lipinski definition) is 0. The van der Waals surface area contributed by atoms with Crippen LogP contribution in [0.15, 0.2) is 0 Å². The molecule has 2 heterocycles. The molecule has 2 heteroatoms. The van der Waals surface area contributed by atoms with Crippen molar-refractivity contribution in [3.63, 3.8) is 0 Å². The lowest BCUT2D eigenvalue weighted by Crippen LogP contribution is -2.47. The van der Waals surface area contributed by atoms with Gasteiger partial charge in [0.05, 0.1) is 0 Å². The molecule has 0 aromatic carbocycles. The summed E-state index contributed by atoms with van der Waals surface area (Å²) in [5.74, 6) is 1.90. The smallest absolute Gasteiger partial charge is 0.0120 e. The molecule has 2 aliphatic rings. The first-order chi connectivity index (χ1) is 13.2. The summed E-state index contributed by atoms with van der Waals surface area (Å²) < 4.78 is 0. The number of nitrogens with zero attached hydrogens (tertiary/aromatic N) is 2. The van der Waals surface area contributed by atoms with Crippen LogP contribution in [0, 0.1) is 11.8 Å². The van der Waals surface area contributed by atoms with Crippen molar-refractivity contribution in [3.05, 3.63) is 0 Å². The maximum Gasteiger partial charge on any atom is 0.0120 e. The molecule has 0 amide bonds. The van der Waals surface area contributed by atoms with Crippen LogP contribution in [-0.4, -0.2) is 48.6 Å². The number of hydrogen-bond acceptors (Lipinski definition) is 2. The van der Waals surface area contributed by atoms with Gasteiger partial charge in [-0.3, -0.25) is 0 Å². The summed E-state index contributed by atoms with van der Waals surface area (Å²) in [7, 11) is 0. The number of unbranched alkanes of at least 4 members (excludes halogenated alkanes) is 3. The maximum atomic E-state index is 2.81. The Hall–Kier alpha value is -0.0800. The molecule has 0 unspecified atom stereocenters. The standard InChI is InChI=1S/C21H42N2.2C2H6/c1-4-20-10-17-23(18-11-20)21-12-15-22(16-13-21)14-8-6-5-7-9-19(2)3;2*1-2/h19-21H,4-18H2,1-3H3;2*1-2H3. The average molecular weight is 383 g/mol. The van der Waals surface area contributed by atoms with Crippen molar-refractivity contribution in [1.29, 1.82) is 0 Å². The van der Waals surface area contributed by atoms with Gasteiger partial charge in [-0.25, -0.2) is 0 Å². The molecule has 2 saturated heterocycles. The largest absolute Gasteiger partial charge is 0.303 e. The highest BCUT2D eigenvalue weighted by Gasteiger charge is 2.27. The minimum Gasteiger partial charge on any atom is -0.303 e. The molecule has 0 radical (unpaired) electrons. The molecule has 0 spiro atoms. The first-order valence-electron chi connectivity index (χ1n) is 12.7. The zero-order valence-corrected chi connectivity index (χ0v) is 20.2. The number of likely N-dealkylation sites (tertiary alicyclic amines) is 2. The van der Waals surface area contributed by atoms with Gasteiger partial charge in [0.15, 0.2) is 0 Å². The van der Waals surface area contributed by atoms with Gasteiger partial charge in [-0.2, -0.15) is 0 Å². The van der Waals surface area contributed by atoms with Gasteiger partial charge >= 0.3 is 0 Å². The Kier molecular flexibility index (Phi) is 17.9. The molecule has 2 rings (SSSR count). The Balaban J connectivity index is 0.00000158. The van der Waals surface area contributed by atoms with Crippen molar-refractivity contribution in [2.45, 2.75) is 119 Å². The zero-order chi connectivity index (χ0) is 20.5. The quantitative estimate of drug-likeness (QED) is 0.388. The summed E-state index contributed by atoms with van der Waals surface area (Å²) in [6.07, 6.45) is 14.3. The summed E-state index contributed by atoms with van der Waals surface area (Å²) in [6, 6.07) is 0.898. The minimum absolute atomic E-state index is 0.886. The van der Waals surface area contributed by atoms with E-state index in [1.165, 1.54) is 96.9 Å². The lowest BCUT2D eigenvalue weighted by molar-refractivity contribution is 0.0764. The molecular weight excluding hydrogens is 328 g/mol. The first-order valence-corrected chi connectivity index (χ1v) is 12.7. The molecule has 2 aliphatic heterocycles. The summed E-state index contributed by atoms with van der Waals surface area (Å²) in [6.45, 7) is 21.9. The molecule has 0 aromatic rings. The summed E-state index contributed by atoms with van der Waals surface area (Å²) in [4.78, 5) is 5.55. The fourth-order valence-corrected chi connectivity index (χ4v) is 4.48. The fourth-order valence-electron chi connectivity index (χ4n) is 4.48. The molecule has 0 aromatic heterocycles. The van der Waals surface area contributed by atoms with Gasteiger partial charge in [0.2, 0.25) is 0 Å². The van der Waals surface area contributed by atoms with Gasteiger partial charge in [-0.15, -0.1) is 0 Å². The lowest BCUT2D eigenvalue weighted by Gasteiger charge is -2.41. The second kappa shape index (κ2) is 18.0. The molecule has 0 atom stereocenters. The van der Waals surface area contributed by atoms with Crippen LogP contribution in [-0.2, 0) is 0 Å². The third kappa shape index (κ3) is 12.2. The van der Waals surface area contributed by atoms with Crippen LogP contribution in [0.2, 0.25) is 0 Å². The normalized spacial score (nSPS) is 20.0. The molecule has 2 fully saturated rings. The molecule has 27 heavy (non-hydrogen) atoms. The van der Waals surface area contributed by atoms with E-state index in [4.69, 9.17) is 0 Å². The highest BCUT2D eigenvalue weighted by Crippen LogP contribution is 2.25. The Morgan fingerprint density at radius 1 is 0.741 bits per heavy atom. The monoisotopic (exact) mass is 382 g/mol. The van der Waals surface area contributed by atoms with Gasteiger partial charge in [0, 0.05) is 6.04 Å². The van der Waals surface area contributed by atoms with Gasteiger partial charge in [-0.1, -0.05) is 80.6 Å².